The van der Waals surface area contributed by atoms with E-state index in [4.69, 9.17) is 5.73 Å². The third kappa shape index (κ3) is 2.03. The highest BCUT2D eigenvalue weighted by molar-refractivity contribution is 5.62. The topological polar surface area (TPSA) is 60.0 Å². The highest BCUT2D eigenvalue weighted by Crippen LogP contribution is 2.29. The van der Waals surface area contributed by atoms with Gasteiger partial charge in [0, 0.05) is 31.2 Å². The molecule has 0 saturated carbocycles. The van der Waals surface area contributed by atoms with E-state index in [1.165, 1.54) is 17.7 Å². The molecule has 18 heavy (non-hydrogen) atoms. The molecule has 0 saturated heterocycles. The molecular formula is C13H17N5. The molecule has 2 heterocycles. The summed E-state index contributed by atoms with van der Waals surface area (Å²) in [5.41, 5.74) is 10.3. The fraction of sp³-hybridized carbons (Fsp3) is 0.385. The van der Waals surface area contributed by atoms with Crippen LogP contribution in [0.25, 0.3) is 0 Å². The Morgan fingerprint density at radius 3 is 3.06 bits per heavy atom. The summed E-state index contributed by atoms with van der Waals surface area (Å²) in [6.07, 6.45) is 4.27. The quantitative estimate of drug-likeness (QED) is 0.809. The van der Waals surface area contributed by atoms with E-state index < -0.39 is 0 Å². The Labute approximate surface area is 106 Å². The van der Waals surface area contributed by atoms with E-state index in [0.29, 0.717) is 0 Å². The number of fused-ring (bicyclic) bond motifs is 1. The molecule has 3 rings (SSSR count). The van der Waals surface area contributed by atoms with Gasteiger partial charge in [-0.3, -0.25) is 4.68 Å². The molecular weight excluding hydrogens is 226 g/mol. The summed E-state index contributed by atoms with van der Waals surface area (Å²) in [6.45, 7) is 1.84. The van der Waals surface area contributed by atoms with E-state index in [-0.39, 0.29) is 0 Å². The van der Waals surface area contributed by atoms with E-state index >= 15 is 0 Å². The highest BCUT2D eigenvalue weighted by Gasteiger charge is 2.18. The van der Waals surface area contributed by atoms with Crippen molar-refractivity contribution in [2.75, 3.05) is 17.2 Å². The summed E-state index contributed by atoms with van der Waals surface area (Å²) in [5, 5.41) is 8.12. The molecule has 0 aliphatic carbocycles. The maximum Gasteiger partial charge on any atom is 0.102 e. The average Bonchev–Trinajstić information content (AvgIpc) is 2.76. The van der Waals surface area contributed by atoms with Crippen molar-refractivity contribution < 1.29 is 0 Å². The molecule has 0 bridgehead atoms. The molecule has 2 N–H and O–H groups in total. The van der Waals surface area contributed by atoms with Crippen LogP contribution >= 0.6 is 0 Å². The molecule has 0 unspecified atom stereocenters. The molecule has 94 valence electrons. The lowest BCUT2D eigenvalue weighted by Gasteiger charge is -2.30. The van der Waals surface area contributed by atoms with Gasteiger partial charge in [-0.1, -0.05) is 11.3 Å². The molecule has 0 atom stereocenters. The van der Waals surface area contributed by atoms with Crippen LogP contribution in [0, 0.1) is 0 Å². The van der Waals surface area contributed by atoms with Gasteiger partial charge >= 0.3 is 0 Å². The third-order valence-corrected chi connectivity index (χ3v) is 3.33. The molecule has 2 aromatic rings. The lowest BCUT2D eigenvalue weighted by atomic mass is 10.0. The van der Waals surface area contributed by atoms with Crippen molar-refractivity contribution in [2.24, 2.45) is 7.05 Å². The Bertz CT molecular complexity index is 560. The number of aromatic nitrogens is 3. The van der Waals surface area contributed by atoms with Crippen molar-refractivity contribution in [3.05, 3.63) is 35.7 Å². The zero-order chi connectivity index (χ0) is 12.5. The van der Waals surface area contributed by atoms with Crippen LogP contribution in [-0.2, 0) is 20.0 Å². The molecule has 5 nitrogen and oxygen atoms in total. The third-order valence-electron chi connectivity index (χ3n) is 3.33. The van der Waals surface area contributed by atoms with Gasteiger partial charge in [0.2, 0.25) is 0 Å². The van der Waals surface area contributed by atoms with Crippen molar-refractivity contribution in [3.8, 4) is 0 Å². The largest absolute Gasteiger partial charge is 0.399 e. The zero-order valence-electron chi connectivity index (χ0n) is 10.5. The van der Waals surface area contributed by atoms with E-state index in [1.54, 1.807) is 4.68 Å². The lowest BCUT2D eigenvalue weighted by Crippen LogP contribution is -2.29. The summed E-state index contributed by atoms with van der Waals surface area (Å²) < 4.78 is 1.74. The average molecular weight is 243 g/mol. The number of hydrogen-bond donors (Lipinski definition) is 1. The van der Waals surface area contributed by atoms with Crippen LogP contribution in [-0.4, -0.2) is 21.5 Å². The molecule has 1 aliphatic heterocycles. The molecule has 0 spiro atoms. The maximum absolute atomic E-state index is 5.88. The van der Waals surface area contributed by atoms with Crippen LogP contribution in [0.15, 0.2) is 24.4 Å². The first-order valence-electron chi connectivity index (χ1n) is 6.21. The lowest BCUT2D eigenvalue weighted by molar-refractivity contribution is 0.680. The van der Waals surface area contributed by atoms with Crippen molar-refractivity contribution >= 4 is 11.4 Å². The van der Waals surface area contributed by atoms with Gasteiger partial charge in [0.05, 0.1) is 6.54 Å². The van der Waals surface area contributed by atoms with Crippen LogP contribution in [0.3, 0.4) is 0 Å². The number of aryl methyl sites for hydroxylation is 2. The van der Waals surface area contributed by atoms with Gasteiger partial charge in [-0.25, -0.2) is 0 Å². The number of nitrogens with two attached hydrogens (primary N) is 1. The molecule has 1 aromatic heterocycles. The van der Waals surface area contributed by atoms with Crippen LogP contribution in [0.1, 0.15) is 17.7 Å². The first kappa shape index (κ1) is 11.1. The smallest absolute Gasteiger partial charge is 0.102 e. The summed E-state index contributed by atoms with van der Waals surface area (Å²) >= 11 is 0. The Morgan fingerprint density at radius 1 is 1.39 bits per heavy atom. The Balaban J connectivity index is 1.88. The van der Waals surface area contributed by atoms with Gasteiger partial charge in [0.1, 0.15) is 5.69 Å². The monoisotopic (exact) mass is 243 g/mol. The number of nitrogens with zero attached hydrogens (tertiary/aromatic N) is 4. The van der Waals surface area contributed by atoms with Crippen molar-refractivity contribution in [1.29, 1.82) is 0 Å². The van der Waals surface area contributed by atoms with Crippen LogP contribution in [0.5, 0.6) is 0 Å². The van der Waals surface area contributed by atoms with E-state index in [9.17, 15) is 0 Å². The molecule has 1 aliphatic rings. The van der Waals surface area contributed by atoms with E-state index in [0.717, 1.165) is 30.9 Å². The standard InChI is InChI=1S/C13H17N5/c1-17-8-12(15-16-17)9-18-6-2-3-10-4-5-11(14)7-13(10)18/h4-5,7-8H,2-3,6,9,14H2,1H3. The number of nitrogen functional groups attached to an aromatic ring is 1. The van der Waals surface area contributed by atoms with E-state index in [2.05, 4.69) is 27.3 Å². The summed E-state index contributed by atoms with van der Waals surface area (Å²) in [7, 11) is 1.89. The fourth-order valence-electron chi connectivity index (χ4n) is 2.49. The van der Waals surface area contributed by atoms with E-state index in [1.807, 2.05) is 19.3 Å². The molecule has 1 aromatic carbocycles. The van der Waals surface area contributed by atoms with Crippen molar-refractivity contribution in [2.45, 2.75) is 19.4 Å². The van der Waals surface area contributed by atoms with Crippen LogP contribution < -0.4 is 10.6 Å². The fourth-order valence-corrected chi connectivity index (χ4v) is 2.49. The van der Waals surface area contributed by atoms with Crippen molar-refractivity contribution in [3.63, 3.8) is 0 Å². The van der Waals surface area contributed by atoms with Crippen molar-refractivity contribution in [1.82, 2.24) is 15.0 Å². The molecule has 0 amide bonds. The Hall–Kier alpha value is -2.04. The minimum atomic E-state index is 0.796. The summed E-state index contributed by atoms with van der Waals surface area (Å²) in [5.74, 6) is 0. The number of benzene rings is 1. The number of hydrogen-bond acceptors (Lipinski definition) is 4. The molecule has 5 heteroatoms. The predicted octanol–water partition coefficient (Wildman–Crippen LogP) is 1.35. The minimum absolute atomic E-state index is 0.796. The Morgan fingerprint density at radius 2 is 2.28 bits per heavy atom. The first-order chi connectivity index (χ1) is 8.72. The molecule has 0 fully saturated rings. The normalized spacial score (nSPS) is 14.6. The first-order valence-corrected chi connectivity index (χ1v) is 6.21. The van der Waals surface area contributed by atoms with Gasteiger partial charge in [-0.2, -0.15) is 0 Å². The Kier molecular flexibility index (Phi) is 2.66. The summed E-state index contributed by atoms with van der Waals surface area (Å²) in [6, 6.07) is 6.17. The van der Waals surface area contributed by atoms with Crippen LogP contribution in [0.2, 0.25) is 0 Å². The van der Waals surface area contributed by atoms with Gasteiger partial charge in [0.15, 0.2) is 0 Å². The van der Waals surface area contributed by atoms with Gasteiger partial charge in [-0.15, -0.1) is 5.10 Å². The predicted molar refractivity (Wildman–Crippen MR) is 71.2 cm³/mol. The summed E-state index contributed by atoms with van der Waals surface area (Å²) in [4.78, 5) is 2.33. The van der Waals surface area contributed by atoms with Gasteiger partial charge < -0.3 is 10.6 Å². The van der Waals surface area contributed by atoms with Gasteiger partial charge in [-0.05, 0) is 30.5 Å². The second-order valence-corrected chi connectivity index (χ2v) is 4.80. The minimum Gasteiger partial charge on any atom is -0.399 e. The number of anilines is 2. The highest BCUT2D eigenvalue weighted by atomic mass is 15.4. The maximum atomic E-state index is 5.88. The molecule has 0 radical (unpaired) electrons. The second-order valence-electron chi connectivity index (χ2n) is 4.80. The SMILES string of the molecule is Cn1cc(CN2CCCc3ccc(N)cc32)nn1. The number of rotatable bonds is 2. The second kappa shape index (κ2) is 4.33. The van der Waals surface area contributed by atoms with Gasteiger partial charge in [0.25, 0.3) is 0 Å². The zero-order valence-corrected chi connectivity index (χ0v) is 10.5. The van der Waals surface area contributed by atoms with Crippen LogP contribution in [0.4, 0.5) is 11.4 Å².